The third kappa shape index (κ3) is 6.12. The summed E-state index contributed by atoms with van der Waals surface area (Å²) in [5.74, 6) is -0.820. The van der Waals surface area contributed by atoms with Gasteiger partial charge in [0.1, 0.15) is 17.4 Å². The van der Waals surface area contributed by atoms with E-state index in [-0.39, 0.29) is 17.4 Å². The Labute approximate surface area is 246 Å². The van der Waals surface area contributed by atoms with Crippen molar-refractivity contribution in [1.29, 1.82) is 0 Å². The first-order valence-electron chi connectivity index (χ1n) is 12.5. The summed E-state index contributed by atoms with van der Waals surface area (Å²) in [6.07, 6.45) is 0. The molecule has 9 heteroatoms. The lowest BCUT2D eigenvalue weighted by molar-refractivity contribution is -0.121. The average Bonchev–Trinajstić information content (AvgIpc) is 3.58. The highest BCUT2D eigenvalue weighted by molar-refractivity contribution is 8.01. The van der Waals surface area contributed by atoms with E-state index in [1.54, 1.807) is 46.9 Å². The maximum Gasteiger partial charge on any atom is 0.151 e. The Morgan fingerprint density at radius 3 is 1.43 bits per heavy atom. The molecule has 0 aliphatic heterocycles. The van der Waals surface area contributed by atoms with Crippen molar-refractivity contribution in [3.63, 3.8) is 0 Å². The SMILES string of the molecule is O=C(C(CSc1nc2ccccc2s1)c1ccc(F)cc1)C(CSc1nc2ccccc2s1)c1ccc(F)cc1. The fourth-order valence-electron chi connectivity index (χ4n) is 4.45. The average molecular weight is 605 g/mol. The topological polar surface area (TPSA) is 42.9 Å². The number of ketones is 1. The highest BCUT2D eigenvalue weighted by Gasteiger charge is 2.30. The number of thiazole rings is 2. The van der Waals surface area contributed by atoms with E-state index in [1.165, 1.54) is 47.8 Å². The molecule has 3 nitrogen and oxygen atoms in total. The normalized spacial score (nSPS) is 13.1. The number of hydrogen-bond donors (Lipinski definition) is 0. The smallest absolute Gasteiger partial charge is 0.151 e. The molecule has 0 aliphatic carbocycles. The Morgan fingerprint density at radius 2 is 1.02 bits per heavy atom. The van der Waals surface area contributed by atoms with Gasteiger partial charge in [0.25, 0.3) is 0 Å². The zero-order valence-electron chi connectivity index (χ0n) is 21.0. The van der Waals surface area contributed by atoms with Gasteiger partial charge in [-0.25, -0.2) is 18.7 Å². The third-order valence-corrected chi connectivity index (χ3v) is 11.1. The van der Waals surface area contributed by atoms with Crippen molar-refractivity contribution in [3.8, 4) is 0 Å². The van der Waals surface area contributed by atoms with E-state index in [2.05, 4.69) is 0 Å². The number of fused-ring (bicyclic) bond motifs is 2. The molecule has 2 aromatic heterocycles. The van der Waals surface area contributed by atoms with Gasteiger partial charge < -0.3 is 0 Å². The van der Waals surface area contributed by atoms with Gasteiger partial charge in [0.15, 0.2) is 8.68 Å². The predicted octanol–water partition coefficient (Wildman–Crippen LogP) is 9.21. The van der Waals surface area contributed by atoms with Crippen LogP contribution in [0.25, 0.3) is 20.4 Å². The highest BCUT2D eigenvalue weighted by Crippen LogP contribution is 2.38. The highest BCUT2D eigenvalue weighted by atomic mass is 32.2. The second-order valence-electron chi connectivity index (χ2n) is 9.13. The van der Waals surface area contributed by atoms with Crippen LogP contribution in [0.5, 0.6) is 0 Å². The van der Waals surface area contributed by atoms with Crippen LogP contribution in [-0.2, 0) is 4.79 Å². The summed E-state index contributed by atoms with van der Waals surface area (Å²) < 4.78 is 31.6. The number of thioether (sulfide) groups is 2. The van der Waals surface area contributed by atoms with Crippen molar-refractivity contribution in [2.75, 3.05) is 11.5 Å². The lowest BCUT2D eigenvalue weighted by atomic mass is 9.85. The van der Waals surface area contributed by atoms with Crippen LogP contribution < -0.4 is 0 Å². The van der Waals surface area contributed by atoms with E-state index in [0.717, 1.165) is 40.2 Å². The molecule has 6 rings (SSSR count). The molecule has 2 unspecified atom stereocenters. The summed E-state index contributed by atoms with van der Waals surface area (Å²) in [5.41, 5.74) is 3.35. The van der Waals surface area contributed by atoms with Gasteiger partial charge in [-0.2, -0.15) is 0 Å². The second-order valence-corrected chi connectivity index (χ2v) is 13.7. The fourth-order valence-corrected chi connectivity index (χ4v) is 8.92. The van der Waals surface area contributed by atoms with E-state index in [0.29, 0.717) is 11.5 Å². The molecule has 4 aromatic carbocycles. The number of hydrogen-bond acceptors (Lipinski definition) is 7. The number of aromatic nitrogens is 2. The molecule has 40 heavy (non-hydrogen) atoms. The molecule has 0 amide bonds. The van der Waals surface area contributed by atoms with E-state index >= 15 is 0 Å². The van der Waals surface area contributed by atoms with Crippen LogP contribution in [0, 0.1) is 11.6 Å². The van der Waals surface area contributed by atoms with Crippen LogP contribution in [0.2, 0.25) is 0 Å². The Morgan fingerprint density at radius 1 is 0.625 bits per heavy atom. The van der Waals surface area contributed by atoms with Gasteiger partial charge in [-0.3, -0.25) is 4.79 Å². The summed E-state index contributed by atoms with van der Waals surface area (Å²) in [4.78, 5) is 23.8. The summed E-state index contributed by atoms with van der Waals surface area (Å²) in [6.45, 7) is 0. The largest absolute Gasteiger partial charge is 0.298 e. The summed E-state index contributed by atoms with van der Waals surface area (Å²) in [7, 11) is 0. The lowest BCUT2D eigenvalue weighted by Gasteiger charge is -2.23. The molecule has 0 bridgehead atoms. The van der Waals surface area contributed by atoms with Crippen LogP contribution in [0.4, 0.5) is 8.78 Å². The molecule has 0 radical (unpaired) electrons. The summed E-state index contributed by atoms with van der Waals surface area (Å²) >= 11 is 6.24. The Kier molecular flexibility index (Phi) is 8.25. The van der Waals surface area contributed by atoms with Crippen molar-refractivity contribution in [2.24, 2.45) is 0 Å². The standard InChI is InChI=1S/C31H22F2N2OS4/c32-21-13-9-19(10-14-21)23(17-37-30-34-25-5-1-3-7-27(25)39-30)29(36)24(20-11-15-22(33)16-12-20)18-38-31-35-26-6-2-4-8-28(26)40-31/h1-16,23-24H,17-18H2. The van der Waals surface area contributed by atoms with E-state index in [4.69, 9.17) is 9.97 Å². The molecule has 0 saturated heterocycles. The molecule has 0 spiro atoms. The monoisotopic (exact) mass is 604 g/mol. The minimum atomic E-state index is -0.511. The first kappa shape index (κ1) is 27.1. The second kappa shape index (κ2) is 12.2. The number of halogens is 2. The molecule has 2 atom stereocenters. The zero-order valence-corrected chi connectivity index (χ0v) is 24.3. The van der Waals surface area contributed by atoms with Crippen LogP contribution in [0.1, 0.15) is 23.0 Å². The molecule has 0 N–H and O–H groups in total. The number of carbonyl (C=O) groups is 1. The van der Waals surface area contributed by atoms with Crippen molar-refractivity contribution >= 4 is 72.4 Å². The quantitative estimate of drug-likeness (QED) is 0.146. The number of para-hydroxylation sites is 2. The molecule has 200 valence electrons. The predicted molar refractivity (Wildman–Crippen MR) is 164 cm³/mol. The summed E-state index contributed by atoms with van der Waals surface area (Å²) in [6, 6.07) is 28.2. The van der Waals surface area contributed by atoms with Gasteiger partial charge in [-0.15, -0.1) is 22.7 Å². The minimum Gasteiger partial charge on any atom is -0.298 e. The Hall–Kier alpha value is -3.11. The third-order valence-electron chi connectivity index (χ3n) is 6.53. The van der Waals surface area contributed by atoms with Crippen molar-refractivity contribution in [3.05, 3.63) is 120 Å². The van der Waals surface area contributed by atoms with Gasteiger partial charge in [-0.1, -0.05) is 72.1 Å². The molecular formula is C31H22F2N2OS4. The fraction of sp³-hybridized carbons (Fsp3) is 0.129. The maximum atomic E-state index is 14.4. The van der Waals surface area contributed by atoms with Gasteiger partial charge >= 0.3 is 0 Å². The van der Waals surface area contributed by atoms with E-state index < -0.39 is 11.8 Å². The summed E-state index contributed by atoms with van der Waals surface area (Å²) in [5, 5.41) is 0. The van der Waals surface area contributed by atoms with Gasteiger partial charge in [0, 0.05) is 11.5 Å². The molecule has 0 fully saturated rings. The van der Waals surface area contributed by atoms with Crippen molar-refractivity contribution in [1.82, 2.24) is 9.97 Å². The Balaban J connectivity index is 1.30. The number of Topliss-reactive ketones (excluding diaryl/α,β-unsaturated/α-hetero) is 1. The van der Waals surface area contributed by atoms with Crippen molar-refractivity contribution < 1.29 is 13.6 Å². The lowest BCUT2D eigenvalue weighted by Crippen LogP contribution is -2.24. The molecule has 0 aliphatic rings. The first-order chi connectivity index (χ1) is 19.5. The van der Waals surface area contributed by atoms with Crippen LogP contribution in [0.3, 0.4) is 0 Å². The van der Waals surface area contributed by atoms with Crippen LogP contribution >= 0.6 is 46.2 Å². The molecule has 6 aromatic rings. The molecular weight excluding hydrogens is 583 g/mol. The van der Waals surface area contributed by atoms with Crippen LogP contribution in [0.15, 0.2) is 106 Å². The number of carbonyl (C=O) groups excluding carboxylic acids is 1. The minimum absolute atomic E-state index is 0.000406. The first-order valence-corrected chi connectivity index (χ1v) is 16.2. The maximum absolute atomic E-state index is 14.4. The number of benzene rings is 4. The van der Waals surface area contributed by atoms with Gasteiger partial charge in [0.2, 0.25) is 0 Å². The van der Waals surface area contributed by atoms with E-state index in [1.807, 2.05) is 48.5 Å². The number of rotatable bonds is 10. The number of nitrogens with zero attached hydrogens (tertiary/aromatic N) is 2. The van der Waals surface area contributed by atoms with Crippen molar-refractivity contribution in [2.45, 2.75) is 20.5 Å². The van der Waals surface area contributed by atoms with Gasteiger partial charge in [0.05, 0.1) is 32.3 Å². The molecule has 0 saturated carbocycles. The Bertz CT molecular complexity index is 1570. The zero-order chi connectivity index (χ0) is 27.5. The van der Waals surface area contributed by atoms with Gasteiger partial charge in [-0.05, 0) is 59.7 Å². The molecule has 2 heterocycles. The van der Waals surface area contributed by atoms with Crippen LogP contribution in [-0.4, -0.2) is 27.3 Å². The van der Waals surface area contributed by atoms with E-state index in [9.17, 15) is 13.6 Å².